The van der Waals surface area contributed by atoms with E-state index in [1.54, 1.807) is 0 Å². The van der Waals surface area contributed by atoms with Crippen LogP contribution in [0.25, 0.3) is 0 Å². The van der Waals surface area contributed by atoms with Crippen molar-refractivity contribution >= 4 is 0 Å². The van der Waals surface area contributed by atoms with E-state index in [4.69, 9.17) is 0 Å². The topological polar surface area (TPSA) is 20.2 Å². The third kappa shape index (κ3) is 2.84. The van der Waals surface area contributed by atoms with Crippen LogP contribution >= 0.6 is 0 Å². The Hall–Kier alpha value is -0.520. The highest BCUT2D eigenvalue weighted by Crippen LogP contribution is 2.28. The van der Waals surface area contributed by atoms with E-state index in [0.29, 0.717) is 0 Å². The summed E-state index contributed by atoms with van der Waals surface area (Å²) in [6, 6.07) is 0. The molecule has 1 heteroatoms. The van der Waals surface area contributed by atoms with E-state index in [9.17, 15) is 5.11 Å². The first-order valence-electron chi connectivity index (χ1n) is 4.76. The van der Waals surface area contributed by atoms with Crippen molar-refractivity contribution in [3.8, 4) is 0 Å². The molecule has 0 spiro atoms. The molecule has 0 aliphatic heterocycles. The molecule has 1 nitrogen and oxygen atoms in total. The number of aliphatic hydroxyl groups is 1. The Labute approximate surface area is 74.8 Å². The molecule has 0 bridgehead atoms. The standard InChI is InChI=1S/C11H18O/c1-10(2)6-9-11(12)7-4-3-5-8-11/h9,12H,3-5,7-8H2,1-2H3. The van der Waals surface area contributed by atoms with Crippen LogP contribution in [-0.4, -0.2) is 10.7 Å². The monoisotopic (exact) mass is 166 g/mol. The molecule has 0 unspecified atom stereocenters. The Kier molecular flexibility index (Phi) is 3.13. The van der Waals surface area contributed by atoms with Crippen LogP contribution < -0.4 is 0 Å². The van der Waals surface area contributed by atoms with Crippen LogP contribution in [0.4, 0.5) is 0 Å². The van der Waals surface area contributed by atoms with Gasteiger partial charge in [0, 0.05) is 0 Å². The fourth-order valence-corrected chi connectivity index (χ4v) is 1.59. The van der Waals surface area contributed by atoms with Crippen molar-refractivity contribution in [2.75, 3.05) is 0 Å². The van der Waals surface area contributed by atoms with Crippen molar-refractivity contribution < 1.29 is 5.11 Å². The first-order chi connectivity index (χ1) is 5.62. The van der Waals surface area contributed by atoms with E-state index in [0.717, 1.165) is 31.3 Å². The van der Waals surface area contributed by atoms with Gasteiger partial charge in [-0.25, -0.2) is 0 Å². The van der Waals surface area contributed by atoms with Crippen molar-refractivity contribution in [3.05, 3.63) is 17.4 Å². The van der Waals surface area contributed by atoms with Crippen LogP contribution in [0.2, 0.25) is 0 Å². The van der Waals surface area contributed by atoms with Gasteiger partial charge in [0.05, 0.1) is 5.60 Å². The third-order valence-corrected chi connectivity index (χ3v) is 2.35. The highest BCUT2D eigenvalue weighted by atomic mass is 16.3. The molecular formula is C11H18O. The summed E-state index contributed by atoms with van der Waals surface area (Å²) in [6.07, 6.45) is 7.24. The van der Waals surface area contributed by atoms with Gasteiger partial charge < -0.3 is 5.11 Å². The average molecular weight is 166 g/mol. The smallest absolute Gasteiger partial charge is 0.0901 e. The quantitative estimate of drug-likeness (QED) is 0.594. The van der Waals surface area contributed by atoms with Gasteiger partial charge in [0.15, 0.2) is 0 Å². The first kappa shape index (κ1) is 9.57. The van der Waals surface area contributed by atoms with Crippen LogP contribution in [-0.2, 0) is 0 Å². The minimum atomic E-state index is -0.546. The van der Waals surface area contributed by atoms with E-state index in [1.165, 1.54) is 6.42 Å². The summed E-state index contributed by atoms with van der Waals surface area (Å²) < 4.78 is 0. The Morgan fingerprint density at radius 2 is 1.83 bits per heavy atom. The SMILES string of the molecule is CC(C)=C=CC1(O)CCCCC1. The van der Waals surface area contributed by atoms with Crippen molar-refractivity contribution in [1.29, 1.82) is 0 Å². The molecule has 0 atom stereocenters. The van der Waals surface area contributed by atoms with Crippen molar-refractivity contribution in [3.63, 3.8) is 0 Å². The van der Waals surface area contributed by atoms with E-state index in [2.05, 4.69) is 5.73 Å². The van der Waals surface area contributed by atoms with Crippen molar-refractivity contribution in [2.24, 2.45) is 0 Å². The van der Waals surface area contributed by atoms with Crippen LogP contribution in [0.5, 0.6) is 0 Å². The molecular weight excluding hydrogens is 148 g/mol. The average Bonchev–Trinajstić information content (AvgIpc) is 2.03. The molecule has 1 N–H and O–H groups in total. The van der Waals surface area contributed by atoms with Gasteiger partial charge in [0.2, 0.25) is 0 Å². The molecule has 1 aliphatic carbocycles. The largest absolute Gasteiger partial charge is 0.385 e. The Balaban J connectivity index is 2.64. The summed E-state index contributed by atoms with van der Waals surface area (Å²) >= 11 is 0. The minimum absolute atomic E-state index is 0.546. The van der Waals surface area contributed by atoms with Gasteiger partial charge >= 0.3 is 0 Å². The summed E-state index contributed by atoms with van der Waals surface area (Å²) in [6.45, 7) is 4.01. The Bertz CT molecular complexity index is 199. The fourth-order valence-electron chi connectivity index (χ4n) is 1.59. The predicted octanol–water partition coefficient (Wildman–Crippen LogP) is 2.80. The van der Waals surface area contributed by atoms with Crippen molar-refractivity contribution in [2.45, 2.75) is 51.6 Å². The zero-order chi connectivity index (χ0) is 9.03. The maximum atomic E-state index is 9.99. The van der Waals surface area contributed by atoms with E-state index < -0.39 is 5.60 Å². The zero-order valence-corrected chi connectivity index (χ0v) is 8.06. The van der Waals surface area contributed by atoms with Gasteiger partial charge in [0.1, 0.15) is 0 Å². The van der Waals surface area contributed by atoms with Crippen LogP contribution in [0.3, 0.4) is 0 Å². The lowest BCUT2D eigenvalue weighted by molar-refractivity contribution is 0.0515. The Morgan fingerprint density at radius 1 is 1.25 bits per heavy atom. The molecule has 12 heavy (non-hydrogen) atoms. The summed E-state index contributed by atoms with van der Waals surface area (Å²) in [4.78, 5) is 0. The highest BCUT2D eigenvalue weighted by Gasteiger charge is 2.25. The van der Waals surface area contributed by atoms with Gasteiger partial charge in [-0.05, 0) is 38.3 Å². The number of hydrogen-bond acceptors (Lipinski definition) is 1. The first-order valence-corrected chi connectivity index (χ1v) is 4.76. The van der Waals surface area contributed by atoms with Crippen LogP contribution in [0, 0.1) is 0 Å². The van der Waals surface area contributed by atoms with Gasteiger partial charge in [0.25, 0.3) is 0 Å². The lowest BCUT2D eigenvalue weighted by Crippen LogP contribution is -2.28. The van der Waals surface area contributed by atoms with Gasteiger partial charge in [-0.15, -0.1) is 5.73 Å². The molecule has 0 amide bonds. The van der Waals surface area contributed by atoms with E-state index >= 15 is 0 Å². The summed E-state index contributed by atoms with van der Waals surface area (Å²) in [7, 11) is 0. The second-order valence-electron chi connectivity index (χ2n) is 3.95. The van der Waals surface area contributed by atoms with E-state index in [-0.39, 0.29) is 0 Å². The van der Waals surface area contributed by atoms with Crippen LogP contribution in [0.15, 0.2) is 17.4 Å². The normalized spacial score (nSPS) is 21.2. The Morgan fingerprint density at radius 3 is 2.33 bits per heavy atom. The molecule has 1 saturated carbocycles. The lowest BCUT2D eigenvalue weighted by Gasteiger charge is -2.27. The van der Waals surface area contributed by atoms with Crippen LogP contribution in [0.1, 0.15) is 46.0 Å². The number of hydrogen-bond donors (Lipinski definition) is 1. The zero-order valence-electron chi connectivity index (χ0n) is 8.06. The molecule has 0 aromatic carbocycles. The predicted molar refractivity (Wildman–Crippen MR) is 51.0 cm³/mol. The molecule has 1 fully saturated rings. The van der Waals surface area contributed by atoms with Gasteiger partial charge in [-0.2, -0.15) is 0 Å². The molecule has 0 aromatic rings. The second kappa shape index (κ2) is 3.93. The van der Waals surface area contributed by atoms with Gasteiger partial charge in [-0.3, -0.25) is 0 Å². The highest BCUT2D eigenvalue weighted by molar-refractivity contribution is 5.05. The van der Waals surface area contributed by atoms with Crippen molar-refractivity contribution in [1.82, 2.24) is 0 Å². The van der Waals surface area contributed by atoms with E-state index in [1.807, 2.05) is 19.9 Å². The minimum Gasteiger partial charge on any atom is -0.385 e. The third-order valence-electron chi connectivity index (χ3n) is 2.35. The molecule has 68 valence electrons. The maximum Gasteiger partial charge on any atom is 0.0901 e. The lowest BCUT2D eigenvalue weighted by atomic mass is 9.85. The summed E-state index contributed by atoms with van der Waals surface area (Å²) in [5, 5.41) is 9.99. The molecule has 0 saturated heterocycles. The molecule has 0 aromatic heterocycles. The molecule has 1 aliphatic rings. The second-order valence-corrected chi connectivity index (χ2v) is 3.95. The summed E-state index contributed by atoms with van der Waals surface area (Å²) in [5.41, 5.74) is 3.68. The molecule has 0 heterocycles. The molecule has 1 rings (SSSR count). The molecule has 0 radical (unpaired) electrons. The maximum absolute atomic E-state index is 9.99. The summed E-state index contributed by atoms with van der Waals surface area (Å²) in [5.74, 6) is 0. The van der Waals surface area contributed by atoms with Gasteiger partial charge in [-0.1, -0.05) is 19.3 Å². The number of rotatable bonds is 1. The fraction of sp³-hybridized carbons (Fsp3) is 0.727.